The second-order valence-corrected chi connectivity index (χ2v) is 6.76. The van der Waals surface area contributed by atoms with Gasteiger partial charge in [0, 0.05) is 24.2 Å². The van der Waals surface area contributed by atoms with Crippen LogP contribution in [0.2, 0.25) is 0 Å². The maximum absolute atomic E-state index is 5.21. The summed E-state index contributed by atoms with van der Waals surface area (Å²) in [6.45, 7) is 4.67. The molecule has 0 amide bonds. The third-order valence-corrected chi connectivity index (χ3v) is 4.82. The first kappa shape index (κ1) is 16.2. The third-order valence-electron chi connectivity index (χ3n) is 4.82. The molecule has 1 aromatic heterocycles. The van der Waals surface area contributed by atoms with Gasteiger partial charge in [-0.2, -0.15) is 0 Å². The smallest absolute Gasteiger partial charge is 0.216 e. The highest BCUT2D eigenvalue weighted by Crippen LogP contribution is 2.46. The first-order valence-corrected chi connectivity index (χ1v) is 8.12. The van der Waals surface area contributed by atoms with Crippen LogP contribution in [0.15, 0.2) is 12.4 Å². The molecule has 1 aromatic rings. The molecule has 0 saturated heterocycles. The van der Waals surface area contributed by atoms with E-state index in [1.807, 2.05) is 6.07 Å². The Kier molecular flexibility index (Phi) is 5.57. The van der Waals surface area contributed by atoms with E-state index < -0.39 is 0 Å². The summed E-state index contributed by atoms with van der Waals surface area (Å²) in [5.74, 6) is 1.39. The highest BCUT2D eigenvalue weighted by Gasteiger charge is 2.40. The average molecular weight is 291 g/mol. The first-order valence-electron chi connectivity index (χ1n) is 8.12. The van der Waals surface area contributed by atoms with Crippen molar-refractivity contribution in [2.45, 2.75) is 58.4 Å². The molecule has 1 saturated carbocycles. The van der Waals surface area contributed by atoms with Gasteiger partial charge >= 0.3 is 0 Å². The second kappa shape index (κ2) is 7.21. The van der Waals surface area contributed by atoms with Crippen LogP contribution in [0, 0.1) is 11.3 Å². The number of aromatic nitrogens is 2. The van der Waals surface area contributed by atoms with Crippen LogP contribution in [-0.2, 0) is 6.42 Å². The Labute approximate surface area is 128 Å². The lowest BCUT2D eigenvalue weighted by Gasteiger charge is -2.39. The third kappa shape index (κ3) is 3.94. The molecule has 1 heterocycles. The van der Waals surface area contributed by atoms with E-state index in [9.17, 15) is 0 Å². The van der Waals surface area contributed by atoms with Crippen molar-refractivity contribution in [3.63, 3.8) is 0 Å². The monoisotopic (exact) mass is 291 g/mol. The van der Waals surface area contributed by atoms with Gasteiger partial charge in [-0.25, -0.2) is 9.97 Å². The lowest BCUT2D eigenvalue weighted by molar-refractivity contribution is 0.159. The van der Waals surface area contributed by atoms with E-state index in [2.05, 4.69) is 36.2 Å². The van der Waals surface area contributed by atoms with Gasteiger partial charge in [0.05, 0.1) is 7.11 Å². The van der Waals surface area contributed by atoms with Crippen LogP contribution >= 0.6 is 0 Å². The van der Waals surface area contributed by atoms with Crippen molar-refractivity contribution in [2.24, 2.45) is 11.3 Å². The van der Waals surface area contributed by atoms with Crippen molar-refractivity contribution < 1.29 is 4.74 Å². The van der Waals surface area contributed by atoms with E-state index in [1.54, 1.807) is 13.4 Å². The Morgan fingerprint density at radius 3 is 2.57 bits per heavy atom. The Morgan fingerprint density at radius 2 is 2.00 bits per heavy atom. The maximum Gasteiger partial charge on any atom is 0.216 e. The molecule has 2 rings (SSSR count). The molecule has 0 aliphatic heterocycles. The van der Waals surface area contributed by atoms with E-state index in [0.29, 0.717) is 17.3 Å². The normalized spacial score (nSPS) is 18.9. The predicted molar refractivity (Wildman–Crippen MR) is 85.5 cm³/mol. The zero-order valence-corrected chi connectivity index (χ0v) is 13.9. The zero-order valence-electron chi connectivity index (χ0n) is 13.9. The minimum absolute atomic E-state index is 0.418. The fourth-order valence-corrected chi connectivity index (χ4v) is 4.02. The van der Waals surface area contributed by atoms with Crippen molar-refractivity contribution in [3.05, 3.63) is 18.1 Å². The number of methoxy groups -OCH3 is 1. The van der Waals surface area contributed by atoms with Crippen LogP contribution in [0.5, 0.6) is 5.88 Å². The van der Waals surface area contributed by atoms with Gasteiger partial charge in [0.1, 0.15) is 6.33 Å². The van der Waals surface area contributed by atoms with Crippen LogP contribution in [-0.4, -0.2) is 30.2 Å². The summed E-state index contributed by atoms with van der Waals surface area (Å²) < 4.78 is 5.21. The molecule has 0 aromatic carbocycles. The van der Waals surface area contributed by atoms with Crippen LogP contribution < -0.4 is 10.1 Å². The summed E-state index contributed by atoms with van der Waals surface area (Å²) in [5, 5.41) is 3.57. The van der Waals surface area contributed by atoms with Crippen LogP contribution in [0.3, 0.4) is 0 Å². The fraction of sp³-hybridized carbons (Fsp3) is 0.765. The van der Waals surface area contributed by atoms with Crippen LogP contribution in [0.1, 0.15) is 51.6 Å². The van der Waals surface area contributed by atoms with E-state index in [4.69, 9.17) is 4.74 Å². The largest absolute Gasteiger partial charge is 0.481 e. The number of rotatable bonds is 7. The molecule has 1 aliphatic carbocycles. The van der Waals surface area contributed by atoms with E-state index in [-0.39, 0.29) is 0 Å². The van der Waals surface area contributed by atoms with Gasteiger partial charge in [0.2, 0.25) is 5.88 Å². The molecule has 1 aliphatic rings. The van der Waals surface area contributed by atoms with E-state index in [0.717, 1.165) is 18.0 Å². The van der Waals surface area contributed by atoms with Crippen LogP contribution in [0.25, 0.3) is 0 Å². The zero-order chi connectivity index (χ0) is 15.3. The van der Waals surface area contributed by atoms with Gasteiger partial charge in [-0.1, -0.05) is 26.7 Å². The minimum atomic E-state index is 0.418. The summed E-state index contributed by atoms with van der Waals surface area (Å²) in [4.78, 5) is 8.53. The fourth-order valence-electron chi connectivity index (χ4n) is 4.02. The highest BCUT2D eigenvalue weighted by atomic mass is 16.5. The highest BCUT2D eigenvalue weighted by molar-refractivity contribution is 5.15. The first-order chi connectivity index (χ1) is 10.1. The van der Waals surface area contributed by atoms with Gasteiger partial charge in [-0.3, -0.25) is 0 Å². The average Bonchev–Trinajstić information content (AvgIpc) is 2.93. The molecule has 21 heavy (non-hydrogen) atoms. The van der Waals surface area contributed by atoms with Crippen molar-refractivity contribution in [1.82, 2.24) is 15.3 Å². The number of hydrogen-bond acceptors (Lipinski definition) is 4. The molecular weight excluding hydrogens is 262 g/mol. The van der Waals surface area contributed by atoms with Crippen LogP contribution in [0.4, 0.5) is 0 Å². The molecular formula is C17H29N3O. The van der Waals surface area contributed by atoms with Crippen molar-refractivity contribution in [3.8, 4) is 5.88 Å². The molecule has 1 N–H and O–H groups in total. The van der Waals surface area contributed by atoms with Crippen molar-refractivity contribution in [2.75, 3.05) is 14.2 Å². The lowest BCUT2D eigenvalue weighted by Crippen LogP contribution is -2.44. The molecule has 118 valence electrons. The van der Waals surface area contributed by atoms with Gasteiger partial charge in [0.25, 0.3) is 0 Å². The predicted octanol–water partition coefficient (Wildman–Crippen LogP) is 3.22. The SMILES string of the molecule is CNC(Cc1cc(OC)ncn1)C1(CC(C)C)CCCC1. The van der Waals surface area contributed by atoms with Gasteiger partial charge in [-0.15, -0.1) is 0 Å². The number of likely N-dealkylation sites (N-methyl/N-ethyl adjacent to an activating group) is 1. The van der Waals surface area contributed by atoms with Crippen molar-refractivity contribution >= 4 is 0 Å². The Morgan fingerprint density at radius 1 is 1.29 bits per heavy atom. The molecule has 4 nitrogen and oxygen atoms in total. The lowest BCUT2D eigenvalue weighted by atomic mass is 9.71. The van der Waals surface area contributed by atoms with Gasteiger partial charge in [0.15, 0.2) is 0 Å². The number of hydrogen-bond donors (Lipinski definition) is 1. The Bertz CT molecular complexity index is 441. The molecule has 1 atom stereocenters. The van der Waals surface area contributed by atoms with Gasteiger partial charge < -0.3 is 10.1 Å². The molecule has 0 radical (unpaired) electrons. The van der Waals surface area contributed by atoms with E-state index >= 15 is 0 Å². The summed E-state index contributed by atoms with van der Waals surface area (Å²) in [6.07, 6.45) is 9.22. The quantitative estimate of drug-likeness (QED) is 0.838. The molecule has 1 unspecified atom stereocenters. The Balaban J connectivity index is 2.16. The Hall–Kier alpha value is -1.16. The molecule has 4 heteroatoms. The molecule has 1 fully saturated rings. The summed E-state index contributed by atoms with van der Waals surface area (Å²) in [6, 6.07) is 2.43. The molecule has 0 spiro atoms. The van der Waals surface area contributed by atoms with Gasteiger partial charge in [-0.05, 0) is 37.6 Å². The minimum Gasteiger partial charge on any atom is -0.481 e. The topological polar surface area (TPSA) is 47.0 Å². The summed E-state index contributed by atoms with van der Waals surface area (Å²) >= 11 is 0. The second-order valence-electron chi connectivity index (χ2n) is 6.76. The molecule has 0 bridgehead atoms. The maximum atomic E-state index is 5.21. The number of nitrogens with zero attached hydrogens (tertiary/aromatic N) is 2. The summed E-state index contributed by atoms with van der Waals surface area (Å²) in [5.41, 5.74) is 1.48. The summed E-state index contributed by atoms with van der Waals surface area (Å²) in [7, 11) is 3.74. The standard InChI is InChI=1S/C17H29N3O/c1-13(2)11-17(7-5-6-8-17)15(18-3)9-14-10-16(21-4)20-12-19-14/h10,12-13,15,18H,5-9,11H2,1-4H3. The number of nitrogens with one attached hydrogen (secondary N) is 1. The van der Waals surface area contributed by atoms with Crippen molar-refractivity contribution in [1.29, 1.82) is 0 Å². The van der Waals surface area contributed by atoms with E-state index in [1.165, 1.54) is 32.1 Å². The number of ether oxygens (including phenoxy) is 1.